The summed E-state index contributed by atoms with van der Waals surface area (Å²) < 4.78 is 31.6. The van der Waals surface area contributed by atoms with Crippen LogP contribution in [0.1, 0.15) is 24.8 Å². The zero-order chi connectivity index (χ0) is 18.3. The van der Waals surface area contributed by atoms with E-state index in [2.05, 4.69) is 5.32 Å². The Morgan fingerprint density at radius 2 is 1.96 bits per heavy atom. The molecule has 1 aromatic carbocycles. The van der Waals surface area contributed by atoms with Gasteiger partial charge >= 0.3 is 0 Å². The minimum Gasteiger partial charge on any atom is -0.380 e. The Morgan fingerprint density at radius 1 is 1.32 bits per heavy atom. The number of carbonyl (C=O) groups excluding carboxylic acids is 1. The lowest BCUT2D eigenvalue weighted by atomic mass is 10.1. The summed E-state index contributed by atoms with van der Waals surface area (Å²) >= 11 is 0. The molecule has 0 radical (unpaired) electrons. The summed E-state index contributed by atoms with van der Waals surface area (Å²) in [5.41, 5.74) is 6.30. The van der Waals surface area contributed by atoms with Crippen LogP contribution in [0.25, 0.3) is 0 Å². The largest absolute Gasteiger partial charge is 0.380 e. The molecular formula is C17H27N3O4S. The average Bonchev–Trinajstić information content (AvgIpc) is 2.60. The molecule has 0 aromatic heterocycles. The first kappa shape index (κ1) is 19.8. The van der Waals surface area contributed by atoms with Crippen LogP contribution in [0.15, 0.2) is 30.3 Å². The van der Waals surface area contributed by atoms with Crippen LogP contribution in [0.5, 0.6) is 0 Å². The molecule has 0 bridgehead atoms. The zero-order valence-electron chi connectivity index (χ0n) is 14.6. The van der Waals surface area contributed by atoms with Crippen LogP contribution < -0.4 is 11.1 Å². The Balaban J connectivity index is 1.81. The number of hydrogen-bond donors (Lipinski definition) is 2. The molecule has 1 aromatic rings. The Kier molecular flexibility index (Phi) is 7.37. The van der Waals surface area contributed by atoms with Crippen molar-refractivity contribution in [3.05, 3.63) is 35.9 Å². The van der Waals surface area contributed by atoms with Gasteiger partial charge in [0.05, 0.1) is 18.3 Å². The quantitative estimate of drug-likeness (QED) is 0.693. The van der Waals surface area contributed by atoms with Gasteiger partial charge in [-0.05, 0) is 18.4 Å². The van der Waals surface area contributed by atoms with E-state index in [1.54, 1.807) is 0 Å². The van der Waals surface area contributed by atoms with Crippen LogP contribution in [0.2, 0.25) is 0 Å². The van der Waals surface area contributed by atoms with Gasteiger partial charge in [0.2, 0.25) is 15.9 Å². The fourth-order valence-corrected chi connectivity index (χ4v) is 4.47. The Bertz CT molecular complexity index is 639. The fraction of sp³-hybridized carbons (Fsp3) is 0.588. The highest BCUT2D eigenvalue weighted by molar-refractivity contribution is 7.88. The maximum atomic E-state index is 12.5. The summed E-state index contributed by atoms with van der Waals surface area (Å²) in [4.78, 5) is 12.0. The summed E-state index contributed by atoms with van der Waals surface area (Å²) in [5.74, 6) is -0.0976. The van der Waals surface area contributed by atoms with Crippen molar-refractivity contribution in [2.24, 2.45) is 5.73 Å². The van der Waals surface area contributed by atoms with E-state index in [0.29, 0.717) is 32.5 Å². The molecule has 1 atom stereocenters. The third-order valence-electron chi connectivity index (χ3n) is 4.41. The van der Waals surface area contributed by atoms with Crippen molar-refractivity contribution >= 4 is 15.9 Å². The monoisotopic (exact) mass is 369 g/mol. The number of carbonyl (C=O) groups is 1. The molecular weight excluding hydrogens is 342 g/mol. The predicted molar refractivity (Wildman–Crippen MR) is 96.3 cm³/mol. The molecule has 7 nitrogen and oxygen atoms in total. The van der Waals surface area contributed by atoms with Gasteiger partial charge in [-0.25, -0.2) is 12.7 Å². The van der Waals surface area contributed by atoms with Crippen molar-refractivity contribution < 1.29 is 17.9 Å². The topological polar surface area (TPSA) is 102 Å². The van der Waals surface area contributed by atoms with Crippen LogP contribution >= 0.6 is 0 Å². The standard InChI is InChI=1S/C17H27N3O4S/c1-24-16(12-18)11-17(21)19-15-7-9-20(10-8-15)25(22,23)13-14-5-3-2-4-6-14/h2-6,15-16H,7-13,18H2,1H3,(H,19,21). The van der Waals surface area contributed by atoms with Crippen molar-refractivity contribution in [3.8, 4) is 0 Å². The number of rotatable bonds is 8. The van der Waals surface area contributed by atoms with Gasteiger partial charge in [-0.1, -0.05) is 30.3 Å². The number of methoxy groups -OCH3 is 1. The molecule has 1 fully saturated rings. The lowest BCUT2D eigenvalue weighted by Gasteiger charge is -2.32. The lowest BCUT2D eigenvalue weighted by molar-refractivity contribution is -0.124. The van der Waals surface area contributed by atoms with E-state index in [4.69, 9.17) is 10.5 Å². The zero-order valence-corrected chi connectivity index (χ0v) is 15.4. The molecule has 1 heterocycles. The molecule has 1 aliphatic heterocycles. The summed E-state index contributed by atoms with van der Waals surface area (Å²) in [7, 11) is -1.80. The second-order valence-corrected chi connectivity index (χ2v) is 8.25. The van der Waals surface area contributed by atoms with Gasteiger partial charge in [-0.15, -0.1) is 0 Å². The molecule has 0 saturated carbocycles. The van der Waals surface area contributed by atoms with Crippen molar-refractivity contribution in [1.29, 1.82) is 0 Å². The maximum Gasteiger partial charge on any atom is 0.222 e. The Hall–Kier alpha value is -1.48. The number of benzene rings is 1. The highest BCUT2D eigenvalue weighted by Crippen LogP contribution is 2.18. The summed E-state index contributed by atoms with van der Waals surface area (Å²) in [6.07, 6.45) is 1.16. The molecule has 3 N–H and O–H groups in total. The smallest absolute Gasteiger partial charge is 0.222 e. The van der Waals surface area contributed by atoms with Gasteiger partial charge in [0.25, 0.3) is 0 Å². The van der Waals surface area contributed by atoms with Crippen molar-refractivity contribution in [3.63, 3.8) is 0 Å². The second kappa shape index (κ2) is 9.28. The van der Waals surface area contributed by atoms with E-state index < -0.39 is 10.0 Å². The molecule has 1 aliphatic rings. The van der Waals surface area contributed by atoms with Gasteiger partial charge in [-0.2, -0.15) is 0 Å². The van der Waals surface area contributed by atoms with E-state index in [1.807, 2.05) is 30.3 Å². The van der Waals surface area contributed by atoms with Gasteiger partial charge in [0.15, 0.2) is 0 Å². The molecule has 0 spiro atoms. The number of nitrogens with zero attached hydrogens (tertiary/aromatic N) is 1. The fourth-order valence-electron chi connectivity index (χ4n) is 2.91. The third-order valence-corrected chi connectivity index (χ3v) is 6.26. The minimum atomic E-state index is -3.33. The molecule has 140 valence electrons. The minimum absolute atomic E-state index is 0.00837. The van der Waals surface area contributed by atoms with Crippen LogP contribution in [0.3, 0.4) is 0 Å². The Morgan fingerprint density at radius 3 is 2.52 bits per heavy atom. The summed E-state index contributed by atoms with van der Waals surface area (Å²) in [6.45, 7) is 1.13. The SMILES string of the molecule is COC(CN)CC(=O)NC1CCN(S(=O)(=O)Cc2ccccc2)CC1. The molecule has 0 aliphatic carbocycles. The molecule has 2 rings (SSSR count). The number of nitrogens with two attached hydrogens (primary N) is 1. The average molecular weight is 369 g/mol. The van der Waals surface area contributed by atoms with Crippen molar-refractivity contribution in [1.82, 2.24) is 9.62 Å². The number of amides is 1. The number of hydrogen-bond acceptors (Lipinski definition) is 5. The van der Waals surface area contributed by atoms with Gasteiger partial charge < -0.3 is 15.8 Å². The molecule has 1 unspecified atom stereocenters. The molecule has 25 heavy (non-hydrogen) atoms. The van der Waals surface area contributed by atoms with Crippen LogP contribution in [-0.2, 0) is 25.3 Å². The van der Waals surface area contributed by atoms with Crippen LogP contribution in [-0.4, -0.2) is 57.5 Å². The Labute approximate surface area is 149 Å². The normalized spacial score (nSPS) is 18.0. The van der Waals surface area contributed by atoms with Crippen molar-refractivity contribution in [2.45, 2.75) is 37.2 Å². The highest BCUT2D eigenvalue weighted by atomic mass is 32.2. The lowest BCUT2D eigenvalue weighted by Crippen LogP contribution is -2.47. The van der Waals surface area contributed by atoms with Crippen LogP contribution in [0.4, 0.5) is 0 Å². The predicted octanol–water partition coefficient (Wildman–Crippen LogP) is 0.461. The first-order chi connectivity index (χ1) is 11.9. The van der Waals surface area contributed by atoms with E-state index in [9.17, 15) is 13.2 Å². The molecule has 1 amide bonds. The van der Waals surface area contributed by atoms with E-state index in [-0.39, 0.29) is 30.2 Å². The first-order valence-electron chi connectivity index (χ1n) is 8.48. The molecule has 1 saturated heterocycles. The number of piperidine rings is 1. The van der Waals surface area contributed by atoms with Gasteiger partial charge in [0.1, 0.15) is 0 Å². The van der Waals surface area contributed by atoms with E-state index >= 15 is 0 Å². The maximum absolute atomic E-state index is 12.5. The number of ether oxygens (including phenoxy) is 1. The van der Waals surface area contributed by atoms with Gasteiger partial charge in [0, 0.05) is 32.8 Å². The number of sulfonamides is 1. The number of nitrogens with one attached hydrogen (secondary N) is 1. The van der Waals surface area contributed by atoms with E-state index in [0.717, 1.165) is 5.56 Å². The van der Waals surface area contributed by atoms with E-state index in [1.165, 1.54) is 11.4 Å². The molecule has 8 heteroatoms. The summed E-state index contributed by atoms with van der Waals surface area (Å²) in [6, 6.07) is 9.15. The summed E-state index contributed by atoms with van der Waals surface area (Å²) in [5, 5.41) is 2.94. The van der Waals surface area contributed by atoms with Gasteiger partial charge in [-0.3, -0.25) is 4.79 Å². The third kappa shape index (κ3) is 6.07. The highest BCUT2D eigenvalue weighted by Gasteiger charge is 2.29. The van der Waals surface area contributed by atoms with Crippen molar-refractivity contribution in [2.75, 3.05) is 26.7 Å². The first-order valence-corrected chi connectivity index (χ1v) is 10.1. The van der Waals surface area contributed by atoms with Crippen LogP contribution in [0, 0.1) is 0 Å². The second-order valence-electron chi connectivity index (χ2n) is 6.28.